The molecular weight excluding hydrogens is 256 g/mol. The maximum Gasteiger partial charge on any atom is 0.330 e. The summed E-state index contributed by atoms with van der Waals surface area (Å²) in [4.78, 5) is 25.1. The second-order valence-corrected chi connectivity index (χ2v) is 5.32. The van der Waals surface area contributed by atoms with Crippen molar-refractivity contribution >= 4 is 12.0 Å². The van der Waals surface area contributed by atoms with Gasteiger partial charge in [-0.1, -0.05) is 30.3 Å². The van der Waals surface area contributed by atoms with Gasteiger partial charge in [0.2, 0.25) is 0 Å². The molecule has 1 saturated carbocycles. The molecular formula is C15H20N2O3. The maximum atomic E-state index is 12.2. The SMILES string of the molecule is CC(C1CC1)N(C)C(=O)N[C@H](C(=O)O)c1ccccc1. The Morgan fingerprint density at radius 1 is 1.30 bits per heavy atom. The van der Waals surface area contributed by atoms with Gasteiger partial charge in [-0.05, 0) is 31.2 Å². The predicted octanol–water partition coefficient (Wildman–Crippen LogP) is 2.25. The van der Waals surface area contributed by atoms with Gasteiger partial charge in [0.05, 0.1) is 0 Å². The molecule has 0 aliphatic heterocycles. The van der Waals surface area contributed by atoms with Crippen molar-refractivity contribution in [1.82, 2.24) is 10.2 Å². The fraction of sp³-hybridized carbons (Fsp3) is 0.467. The van der Waals surface area contributed by atoms with Crippen molar-refractivity contribution in [3.8, 4) is 0 Å². The van der Waals surface area contributed by atoms with Gasteiger partial charge in [-0.2, -0.15) is 0 Å². The van der Waals surface area contributed by atoms with E-state index in [0.717, 1.165) is 12.8 Å². The Hall–Kier alpha value is -2.04. The zero-order chi connectivity index (χ0) is 14.7. The summed E-state index contributed by atoms with van der Waals surface area (Å²) in [5.74, 6) is -0.511. The number of nitrogens with zero attached hydrogens (tertiary/aromatic N) is 1. The highest BCUT2D eigenvalue weighted by molar-refractivity contribution is 5.83. The van der Waals surface area contributed by atoms with Crippen molar-refractivity contribution in [2.75, 3.05) is 7.05 Å². The van der Waals surface area contributed by atoms with E-state index in [4.69, 9.17) is 0 Å². The first-order valence-corrected chi connectivity index (χ1v) is 6.81. The van der Waals surface area contributed by atoms with E-state index >= 15 is 0 Å². The lowest BCUT2D eigenvalue weighted by Gasteiger charge is -2.27. The van der Waals surface area contributed by atoms with Gasteiger partial charge in [0.1, 0.15) is 0 Å². The number of benzene rings is 1. The van der Waals surface area contributed by atoms with E-state index in [-0.39, 0.29) is 12.1 Å². The number of nitrogens with one attached hydrogen (secondary N) is 1. The molecule has 108 valence electrons. The molecule has 0 aromatic heterocycles. The Bertz CT molecular complexity index is 485. The summed E-state index contributed by atoms with van der Waals surface area (Å²) in [5.41, 5.74) is 0.570. The van der Waals surface area contributed by atoms with E-state index in [1.54, 1.807) is 36.2 Å². The van der Waals surface area contributed by atoms with Gasteiger partial charge in [0, 0.05) is 13.1 Å². The van der Waals surface area contributed by atoms with Crippen LogP contribution < -0.4 is 5.32 Å². The molecule has 2 amide bonds. The average Bonchev–Trinajstić information content (AvgIpc) is 3.28. The fourth-order valence-corrected chi connectivity index (χ4v) is 2.24. The number of carboxylic acid groups (broad SMARTS) is 1. The third-order valence-corrected chi connectivity index (χ3v) is 3.88. The average molecular weight is 276 g/mol. The van der Waals surface area contributed by atoms with Crippen LogP contribution in [0.2, 0.25) is 0 Å². The largest absolute Gasteiger partial charge is 0.479 e. The predicted molar refractivity (Wildman–Crippen MR) is 75.3 cm³/mol. The lowest BCUT2D eigenvalue weighted by Crippen LogP contribution is -2.46. The number of carbonyl (C=O) groups excluding carboxylic acids is 1. The van der Waals surface area contributed by atoms with Crippen LogP contribution in [-0.2, 0) is 4.79 Å². The van der Waals surface area contributed by atoms with Crippen LogP contribution in [0.1, 0.15) is 31.4 Å². The lowest BCUT2D eigenvalue weighted by atomic mass is 10.1. The first kappa shape index (κ1) is 14.4. The number of aliphatic carboxylic acids is 1. The first-order valence-electron chi connectivity index (χ1n) is 6.81. The molecule has 1 unspecified atom stereocenters. The summed E-state index contributed by atoms with van der Waals surface area (Å²) in [5, 5.41) is 11.9. The molecule has 1 fully saturated rings. The third-order valence-electron chi connectivity index (χ3n) is 3.88. The van der Waals surface area contributed by atoms with E-state index in [2.05, 4.69) is 5.32 Å². The number of hydrogen-bond acceptors (Lipinski definition) is 2. The van der Waals surface area contributed by atoms with Crippen molar-refractivity contribution in [1.29, 1.82) is 0 Å². The number of urea groups is 1. The third kappa shape index (κ3) is 3.29. The molecule has 0 saturated heterocycles. The van der Waals surface area contributed by atoms with E-state index in [0.29, 0.717) is 11.5 Å². The number of amides is 2. The quantitative estimate of drug-likeness (QED) is 0.866. The summed E-state index contributed by atoms with van der Waals surface area (Å²) >= 11 is 0. The molecule has 0 heterocycles. The van der Waals surface area contributed by atoms with Gasteiger partial charge < -0.3 is 15.3 Å². The Kier molecular flexibility index (Phi) is 4.27. The van der Waals surface area contributed by atoms with Gasteiger partial charge in [-0.15, -0.1) is 0 Å². The minimum Gasteiger partial charge on any atom is -0.479 e. The molecule has 20 heavy (non-hydrogen) atoms. The minimum absolute atomic E-state index is 0.139. The molecule has 0 bridgehead atoms. The topological polar surface area (TPSA) is 69.6 Å². The molecule has 2 rings (SSSR count). The first-order chi connectivity index (χ1) is 9.50. The van der Waals surface area contributed by atoms with Crippen LogP contribution >= 0.6 is 0 Å². The molecule has 5 heteroatoms. The number of carbonyl (C=O) groups is 2. The van der Waals surface area contributed by atoms with Gasteiger partial charge in [-0.3, -0.25) is 0 Å². The van der Waals surface area contributed by atoms with E-state index in [1.807, 2.05) is 13.0 Å². The van der Waals surface area contributed by atoms with E-state index in [1.165, 1.54) is 0 Å². The number of rotatable bonds is 5. The van der Waals surface area contributed by atoms with Gasteiger partial charge >= 0.3 is 12.0 Å². The van der Waals surface area contributed by atoms with Crippen molar-refractivity contribution < 1.29 is 14.7 Å². The monoisotopic (exact) mass is 276 g/mol. The smallest absolute Gasteiger partial charge is 0.330 e. The fourth-order valence-electron chi connectivity index (χ4n) is 2.24. The summed E-state index contributed by atoms with van der Waals surface area (Å²) in [7, 11) is 1.71. The molecule has 5 nitrogen and oxygen atoms in total. The summed E-state index contributed by atoms with van der Waals surface area (Å²) in [6.45, 7) is 2.00. The molecule has 2 N–H and O–H groups in total. The molecule has 0 radical (unpaired) electrons. The zero-order valence-corrected chi connectivity index (χ0v) is 11.7. The molecule has 1 aromatic rings. The summed E-state index contributed by atoms with van der Waals surface area (Å²) in [6.07, 6.45) is 2.28. The number of hydrogen-bond donors (Lipinski definition) is 2. The van der Waals surface area contributed by atoms with Crippen LogP contribution in [-0.4, -0.2) is 35.1 Å². The standard InChI is InChI=1S/C15H20N2O3/c1-10(11-8-9-11)17(2)15(20)16-13(14(18)19)12-6-4-3-5-7-12/h3-7,10-11,13H,8-9H2,1-2H3,(H,16,20)(H,18,19)/t10?,13-/m0/s1. The van der Waals surface area contributed by atoms with Crippen LogP contribution in [0.3, 0.4) is 0 Å². The molecule has 2 atom stereocenters. The normalized spacial score (nSPS) is 17.1. The highest BCUT2D eigenvalue weighted by Crippen LogP contribution is 2.34. The van der Waals surface area contributed by atoms with Crippen LogP contribution in [0.15, 0.2) is 30.3 Å². The Labute approximate surface area is 118 Å². The zero-order valence-electron chi connectivity index (χ0n) is 11.7. The molecule has 1 aliphatic rings. The minimum atomic E-state index is -1.06. The van der Waals surface area contributed by atoms with Gasteiger partial charge in [-0.25, -0.2) is 9.59 Å². The van der Waals surface area contributed by atoms with Crippen LogP contribution in [0, 0.1) is 5.92 Å². The van der Waals surface area contributed by atoms with E-state index in [9.17, 15) is 14.7 Å². The summed E-state index contributed by atoms with van der Waals surface area (Å²) in [6, 6.07) is 7.50. The molecule has 1 aromatic carbocycles. The highest BCUT2D eigenvalue weighted by atomic mass is 16.4. The highest BCUT2D eigenvalue weighted by Gasteiger charge is 2.33. The van der Waals surface area contributed by atoms with Gasteiger partial charge in [0.25, 0.3) is 0 Å². The Morgan fingerprint density at radius 3 is 2.40 bits per heavy atom. The van der Waals surface area contributed by atoms with Crippen LogP contribution in [0.25, 0.3) is 0 Å². The van der Waals surface area contributed by atoms with Crippen molar-refractivity contribution in [3.63, 3.8) is 0 Å². The Morgan fingerprint density at radius 2 is 1.90 bits per heavy atom. The van der Waals surface area contributed by atoms with Crippen molar-refractivity contribution in [2.45, 2.75) is 31.8 Å². The second-order valence-electron chi connectivity index (χ2n) is 5.32. The van der Waals surface area contributed by atoms with Crippen LogP contribution in [0.4, 0.5) is 4.79 Å². The van der Waals surface area contributed by atoms with Crippen molar-refractivity contribution in [3.05, 3.63) is 35.9 Å². The lowest BCUT2D eigenvalue weighted by molar-refractivity contribution is -0.139. The molecule has 1 aliphatic carbocycles. The summed E-state index contributed by atoms with van der Waals surface area (Å²) < 4.78 is 0. The Balaban J connectivity index is 2.04. The second kappa shape index (κ2) is 5.94. The van der Waals surface area contributed by atoms with Crippen molar-refractivity contribution in [2.24, 2.45) is 5.92 Å². The maximum absolute atomic E-state index is 12.2. The van der Waals surface area contributed by atoms with E-state index < -0.39 is 12.0 Å². The molecule has 0 spiro atoms. The van der Waals surface area contributed by atoms with Gasteiger partial charge in [0.15, 0.2) is 6.04 Å². The van der Waals surface area contributed by atoms with Crippen LogP contribution in [0.5, 0.6) is 0 Å². The number of carboxylic acids is 1.